The normalized spacial score (nSPS) is 17.1. The lowest BCUT2D eigenvalue weighted by atomic mass is 10.1. The first-order valence-corrected chi connectivity index (χ1v) is 5.47. The lowest BCUT2D eigenvalue weighted by Crippen LogP contribution is -2.51. The van der Waals surface area contributed by atoms with E-state index in [-0.39, 0.29) is 11.9 Å². The van der Waals surface area contributed by atoms with Gasteiger partial charge in [-0.05, 0) is 13.1 Å². The number of nitrogens with zero attached hydrogens (tertiary/aromatic N) is 2. The fraction of sp³-hybridized carbons (Fsp3) is 0.455. The van der Waals surface area contributed by atoms with Crippen LogP contribution in [0.3, 0.4) is 0 Å². The summed E-state index contributed by atoms with van der Waals surface area (Å²) in [6, 6.07) is 2.29. The average molecular weight is 276 g/mol. The predicted octanol–water partition coefficient (Wildman–Crippen LogP) is 2.31. The molecule has 1 aliphatic rings. The summed E-state index contributed by atoms with van der Waals surface area (Å²) in [5, 5.41) is 10.6. The summed E-state index contributed by atoms with van der Waals surface area (Å²) in [5.74, 6) is -0.125. The molecule has 0 radical (unpaired) electrons. The summed E-state index contributed by atoms with van der Waals surface area (Å²) in [6.07, 6.45) is -4.87. The molecule has 5 nitrogen and oxygen atoms in total. The van der Waals surface area contributed by atoms with Gasteiger partial charge < -0.3 is 4.74 Å². The molecule has 1 aromatic carbocycles. The Balaban J connectivity index is 2.26. The third-order valence-electron chi connectivity index (χ3n) is 2.76. The number of ether oxygens (including phenoxy) is 1. The zero-order chi connectivity index (χ0) is 14.2. The van der Waals surface area contributed by atoms with Gasteiger partial charge in [0.25, 0.3) is 5.69 Å². The van der Waals surface area contributed by atoms with Crippen molar-refractivity contribution >= 4 is 5.69 Å². The Kier molecular flexibility index (Phi) is 3.36. The van der Waals surface area contributed by atoms with Crippen molar-refractivity contribution in [3.8, 4) is 5.75 Å². The number of halogens is 3. The molecule has 1 heterocycles. The van der Waals surface area contributed by atoms with Crippen LogP contribution in [0.25, 0.3) is 0 Å². The van der Waals surface area contributed by atoms with Crippen LogP contribution in [-0.2, 0) is 6.18 Å². The van der Waals surface area contributed by atoms with Crippen LogP contribution < -0.4 is 4.74 Å². The highest BCUT2D eigenvalue weighted by Gasteiger charge is 2.34. The van der Waals surface area contributed by atoms with Crippen molar-refractivity contribution in [3.05, 3.63) is 33.9 Å². The van der Waals surface area contributed by atoms with Crippen LogP contribution in [0.15, 0.2) is 18.2 Å². The van der Waals surface area contributed by atoms with E-state index in [9.17, 15) is 23.3 Å². The second-order valence-electron chi connectivity index (χ2n) is 4.43. The molecule has 0 aromatic heterocycles. The van der Waals surface area contributed by atoms with E-state index in [0.29, 0.717) is 19.2 Å². The quantitative estimate of drug-likeness (QED) is 0.628. The average Bonchev–Trinajstić information content (AvgIpc) is 2.25. The number of nitro groups is 1. The Morgan fingerprint density at radius 1 is 1.37 bits per heavy atom. The summed E-state index contributed by atoms with van der Waals surface area (Å²) in [4.78, 5) is 11.7. The molecule has 0 amide bonds. The number of alkyl halides is 3. The molecule has 0 spiro atoms. The molecule has 1 fully saturated rings. The van der Waals surface area contributed by atoms with Gasteiger partial charge in [0, 0.05) is 19.2 Å². The van der Waals surface area contributed by atoms with Crippen LogP contribution in [0.1, 0.15) is 5.56 Å². The number of non-ortho nitro benzene ring substituents is 1. The van der Waals surface area contributed by atoms with Crippen LogP contribution in [0.2, 0.25) is 0 Å². The van der Waals surface area contributed by atoms with Gasteiger partial charge in [0.15, 0.2) is 0 Å². The molecular weight excluding hydrogens is 265 g/mol. The van der Waals surface area contributed by atoms with Crippen LogP contribution in [0, 0.1) is 10.1 Å². The zero-order valence-corrected chi connectivity index (χ0v) is 9.98. The lowest BCUT2D eigenvalue weighted by molar-refractivity contribution is -0.385. The van der Waals surface area contributed by atoms with Crippen molar-refractivity contribution < 1.29 is 22.8 Å². The SMILES string of the molecule is CN1CC(Oc2cc([N+](=O)[O-])cc(C(F)(F)F)c2)C1. The first-order chi connectivity index (χ1) is 8.75. The van der Waals surface area contributed by atoms with Crippen molar-refractivity contribution in [2.45, 2.75) is 12.3 Å². The lowest BCUT2D eigenvalue weighted by Gasteiger charge is -2.36. The van der Waals surface area contributed by atoms with Gasteiger partial charge in [-0.1, -0.05) is 0 Å². The van der Waals surface area contributed by atoms with E-state index in [4.69, 9.17) is 4.74 Å². The fourth-order valence-corrected chi connectivity index (χ4v) is 1.83. The van der Waals surface area contributed by atoms with Gasteiger partial charge in [0.2, 0.25) is 0 Å². The Morgan fingerprint density at radius 3 is 2.47 bits per heavy atom. The molecule has 0 saturated carbocycles. The predicted molar refractivity (Wildman–Crippen MR) is 60.0 cm³/mol. The second kappa shape index (κ2) is 4.69. The number of likely N-dealkylation sites (tertiary alicyclic amines) is 1. The van der Waals surface area contributed by atoms with E-state index in [1.807, 2.05) is 11.9 Å². The monoisotopic (exact) mass is 276 g/mol. The standard InChI is InChI=1S/C11H11F3N2O3/c1-15-5-10(6-15)19-9-3-7(11(12,13)14)2-8(4-9)16(17)18/h2-4,10H,5-6H2,1H3. The van der Waals surface area contributed by atoms with Crippen LogP contribution in [0.5, 0.6) is 5.75 Å². The molecular formula is C11H11F3N2O3. The fourth-order valence-electron chi connectivity index (χ4n) is 1.83. The van der Waals surface area contributed by atoms with Crippen LogP contribution in [0.4, 0.5) is 18.9 Å². The third kappa shape index (κ3) is 3.14. The second-order valence-corrected chi connectivity index (χ2v) is 4.43. The van der Waals surface area contributed by atoms with Gasteiger partial charge in [-0.15, -0.1) is 0 Å². The van der Waals surface area contributed by atoms with Gasteiger partial charge in [-0.25, -0.2) is 0 Å². The molecule has 1 saturated heterocycles. The first-order valence-electron chi connectivity index (χ1n) is 5.47. The van der Waals surface area contributed by atoms with E-state index >= 15 is 0 Å². The largest absolute Gasteiger partial charge is 0.487 e. The summed E-state index contributed by atoms with van der Waals surface area (Å²) in [6.45, 7) is 1.17. The number of hydrogen-bond acceptors (Lipinski definition) is 4. The Hall–Kier alpha value is -1.83. The van der Waals surface area contributed by atoms with Crippen LogP contribution >= 0.6 is 0 Å². The number of benzene rings is 1. The molecule has 104 valence electrons. The van der Waals surface area contributed by atoms with Crippen molar-refractivity contribution in [3.63, 3.8) is 0 Å². The molecule has 0 N–H and O–H groups in total. The molecule has 8 heteroatoms. The van der Waals surface area contributed by atoms with E-state index in [1.165, 1.54) is 0 Å². The molecule has 0 unspecified atom stereocenters. The summed E-state index contributed by atoms with van der Waals surface area (Å²) >= 11 is 0. The van der Waals surface area contributed by atoms with Crippen molar-refractivity contribution in [2.24, 2.45) is 0 Å². The van der Waals surface area contributed by atoms with E-state index < -0.39 is 22.4 Å². The highest BCUT2D eigenvalue weighted by molar-refractivity contribution is 5.44. The number of nitro benzene ring substituents is 1. The van der Waals surface area contributed by atoms with E-state index in [1.54, 1.807) is 0 Å². The molecule has 0 atom stereocenters. The maximum absolute atomic E-state index is 12.6. The number of hydrogen-bond donors (Lipinski definition) is 0. The number of likely N-dealkylation sites (N-methyl/N-ethyl adjacent to an activating group) is 1. The van der Waals surface area contributed by atoms with Crippen molar-refractivity contribution in [1.29, 1.82) is 0 Å². The first kappa shape index (κ1) is 13.6. The minimum atomic E-state index is -4.64. The Labute approximate surface area is 106 Å². The smallest absolute Gasteiger partial charge is 0.416 e. The Morgan fingerprint density at radius 2 is 2.00 bits per heavy atom. The highest BCUT2D eigenvalue weighted by Crippen LogP contribution is 2.35. The molecule has 2 rings (SSSR count). The van der Waals surface area contributed by atoms with Gasteiger partial charge in [0.05, 0.1) is 16.6 Å². The summed E-state index contributed by atoms with van der Waals surface area (Å²) < 4.78 is 43.2. The topological polar surface area (TPSA) is 55.6 Å². The summed E-state index contributed by atoms with van der Waals surface area (Å²) in [5.41, 5.74) is -1.71. The summed E-state index contributed by atoms with van der Waals surface area (Å²) in [7, 11) is 1.84. The van der Waals surface area contributed by atoms with Gasteiger partial charge in [-0.3, -0.25) is 15.0 Å². The maximum Gasteiger partial charge on any atom is 0.416 e. The molecule has 0 bridgehead atoms. The molecule has 1 aromatic rings. The van der Waals surface area contributed by atoms with Crippen LogP contribution in [-0.4, -0.2) is 36.1 Å². The highest BCUT2D eigenvalue weighted by atomic mass is 19.4. The molecule has 19 heavy (non-hydrogen) atoms. The van der Waals surface area contributed by atoms with E-state index in [0.717, 1.165) is 12.1 Å². The van der Waals surface area contributed by atoms with Crippen molar-refractivity contribution in [2.75, 3.05) is 20.1 Å². The van der Waals surface area contributed by atoms with Gasteiger partial charge >= 0.3 is 6.18 Å². The van der Waals surface area contributed by atoms with Crippen molar-refractivity contribution in [1.82, 2.24) is 4.90 Å². The minimum Gasteiger partial charge on any atom is -0.487 e. The third-order valence-corrected chi connectivity index (χ3v) is 2.76. The zero-order valence-electron chi connectivity index (χ0n) is 9.98. The molecule has 0 aliphatic carbocycles. The maximum atomic E-state index is 12.6. The van der Waals surface area contributed by atoms with Gasteiger partial charge in [0.1, 0.15) is 11.9 Å². The van der Waals surface area contributed by atoms with Gasteiger partial charge in [-0.2, -0.15) is 13.2 Å². The number of rotatable bonds is 3. The Bertz CT molecular complexity index is 498. The minimum absolute atomic E-state index is 0.125. The van der Waals surface area contributed by atoms with E-state index in [2.05, 4.69) is 0 Å². The molecule has 1 aliphatic heterocycles.